The summed E-state index contributed by atoms with van der Waals surface area (Å²) in [5, 5.41) is 0.196. The van der Waals surface area contributed by atoms with Crippen LogP contribution in [0.5, 0.6) is 0 Å². The van der Waals surface area contributed by atoms with Crippen molar-refractivity contribution in [3.05, 3.63) is 99.0 Å². The third kappa shape index (κ3) is 3.69. The maximum atomic E-state index is 14.5. The molecule has 0 saturated carbocycles. The van der Waals surface area contributed by atoms with Gasteiger partial charge in [-0.2, -0.15) is 0 Å². The standard InChI is InChI=1S/C28H10Br3ClF4N2O4/c1-6-5-9(32)23-8(24(6)38-27(41)12-13(28(38)42)18(31)17(30)7(2)16(12)29)3-4-10(37-23)11-25(39)14-15(26(11)40)20(34)22(36)21(35)19(14)33/h3-5,11H,1-2H3. The number of rotatable bonds is 2. The van der Waals surface area contributed by atoms with Gasteiger partial charge in [-0.05, 0) is 91.0 Å². The van der Waals surface area contributed by atoms with Crippen molar-refractivity contribution in [1.29, 1.82) is 0 Å². The lowest BCUT2D eigenvalue weighted by atomic mass is 9.97. The number of Topliss-reactive ketones (excluding diaryl/α,β-unsaturated/α-hetero) is 2. The molecule has 0 saturated heterocycles. The van der Waals surface area contributed by atoms with E-state index in [4.69, 9.17) is 11.6 Å². The van der Waals surface area contributed by atoms with Gasteiger partial charge in [0.15, 0.2) is 34.8 Å². The number of hydrogen-bond acceptors (Lipinski definition) is 5. The Morgan fingerprint density at radius 1 is 0.762 bits per heavy atom. The van der Waals surface area contributed by atoms with Gasteiger partial charge in [0.2, 0.25) is 0 Å². The molecule has 6 nitrogen and oxygen atoms in total. The number of pyridine rings is 1. The Balaban J connectivity index is 1.53. The van der Waals surface area contributed by atoms with Crippen LogP contribution in [-0.2, 0) is 0 Å². The van der Waals surface area contributed by atoms with Gasteiger partial charge in [-0.15, -0.1) is 0 Å². The SMILES string of the molecule is Cc1cc(Cl)c2nc(C3C(=O)c4c(F)c(F)c(F)c(F)c4C3=O)ccc2c1N1C(=O)c2c(Br)c(C)c(Br)c(Br)c2C1=O. The van der Waals surface area contributed by atoms with Crippen molar-refractivity contribution >= 4 is 99.4 Å². The van der Waals surface area contributed by atoms with E-state index in [2.05, 4.69) is 52.8 Å². The predicted molar refractivity (Wildman–Crippen MR) is 155 cm³/mol. The summed E-state index contributed by atoms with van der Waals surface area (Å²) in [6, 6.07) is 3.95. The monoisotopic (exact) mass is 786 g/mol. The second-order valence-corrected chi connectivity index (χ2v) is 12.4. The fraction of sp³-hybridized carbons (Fsp3) is 0.107. The molecule has 1 aliphatic heterocycles. The quantitative estimate of drug-likeness (QED) is 0.0671. The molecule has 2 aliphatic rings. The fourth-order valence-electron chi connectivity index (χ4n) is 5.31. The Bertz CT molecular complexity index is 1960. The Hall–Kier alpha value is -3.00. The molecule has 2 amide bonds. The van der Waals surface area contributed by atoms with E-state index in [1.54, 1.807) is 13.8 Å². The first kappa shape index (κ1) is 29.1. The summed E-state index contributed by atoms with van der Waals surface area (Å²) in [5.74, 6) is -14.2. The second-order valence-electron chi connectivity index (χ2n) is 9.59. The number of benzene rings is 3. The molecule has 1 aliphatic carbocycles. The highest BCUT2D eigenvalue weighted by atomic mass is 79.9. The summed E-state index contributed by atoms with van der Waals surface area (Å²) >= 11 is 16.7. The number of carbonyl (C=O) groups is 4. The maximum absolute atomic E-state index is 14.5. The number of ketones is 2. The number of aromatic nitrogens is 1. The van der Waals surface area contributed by atoms with E-state index >= 15 is 0 Å². The summed E-state index contributed by atoms with van der Waals surface area (Å²) in [4.78, 5) is 58.7. The van der Waals surface area contributed by atoms with E-state index in [-0.39, 0.29) is 38.4 Å². The van der Waals surface area contributed by atoms with Crippen LogP contribution in [0.1, 0.15) is 64.2 Å². The van der Waals surface area contributed by atoms with Crippen LogP contribution in [0.2, 0.25) is 5.02 Å². The molecule has 0 N–H and O–H groups in total. The van der Waals surface area contributed by atoms with Crippen molar-refractivity contribution < 1.29 is 36.7 Å². The molecule has 14 heteroatoms. The lowest BCUT2D eigenvalue weighted by molar-refractivity contribution is 0.0880. The fourth-order valence-corrected chi connectivity index (χ4v) is 7.51. The van der Waals surface area contributed by atoms with Crippen molar-refractivity contribution in [1.82, 2.24) is 4.98 Å². The summed E-state index contributed by atoms with van der Waals surface area (Å²) < 4.78 is 58.0. The zero-order valence-electron chi connectivity index (χ0n) is 20.9. The summed E-state index contributed by atoms with van der Waals surface area (Å²) in [7, 11) is 0. The zero-order valence-corrected chi connectivity index (χ0v) is 26.4. The highest BCUT2D eigenvalue weighted by molar-refractivity contribution is 9.13. The van der Waals surface area contributed by atoms with Gasteiger partial charge in [0.25, 0.3) is 11.8 Å². The predicted octanol–water partition coefficient (Wildman–Crippen LogP) is 8.31. The second kappa shape index (κ2) is 9.76. The molecule has 0 radical (unpaired) electrons. The van der Waals surface area contributed by atoms with Gasteiger partial charge in [-0.1, -0.05) is 11.6 Å². The zero-order chi connectivity index (χ0) is 30.7. The van der Waals surface area contributed by atoms with Gasteiger partial charge in [0, 0.05) is 18.8 Å². The van der Waals surface area contributed by atoms with Gasteiger partial charge in [0.05, 0.1) is 44.2 Å². The number of halogens is 8. The van der Waals surface area contributed by atoms with Crippen molar-refractivity contribution in [2.75, 3.05) is 4.90 Å². The number of amides is 2. The van der Waals surface area contributed by atoms with E-state index in [0.29, 0.717) is 24.5 Å². The Morgan fingerprint density at radius 2 is 1.29 bits per heavy atom. The first-order chi connectivity index (χ1) is 19.7. The topological polar surface area (TPSA) is 84.4 Å². The number of aryl methyl sites for hydroxylation is 1. The average molecular weight is 790 g/mol. The molecule has 0 atom stereocenters. The third-order valence-electron chi connectivity index (χ3n) is 7.29. The van der Waals surface area contributed by atoms with E-state index in [1.807, 2.05) is 0 Å². The normalized spacial score (nSPS) is 15.0. The van der Waals surface area contributed by atoms with Gasteiger partial charge in [0.1, 0.15) is 5.92 Å². The molecule has 4 aromatic rings. The summed E-state index contributed by atoms with van der Waals surface area (Å²) in [6.07, 6.45) is 0. The molecule has 0 unspecified atom stereocenters. The number of fused-ring (bicyclic) bond motifs is 3. The molecule has 42 heavy (non-hydrogen) atoms. The van der Waals surface area contributed by atoms with Crippen LogP contribution >= 0.6 is 59.4 Å². The lowest BCUT2D eigenvalue weighted by Crippen LogP contribution is -2.30. The first-order valence-corrected chi connectivity index (χ1v) is 14.6. The highest BCUT2D eigenvalue weighted by Crippen LogP contribution is 2.46. The largest absolute Gasteiger partial charge is 0.293 e. The van der Waals surface area contributed by atoms with E-state index in [1.165, 1.54) is 18.2 Å². The van der Waals surface area contributed by atoms with Crippen LogP contribution in [0.3, 0.4) is 0 Å². The third-order valence-corrected chi connectivity index (χ3v) is 10.9. The van der Waals surface area contributed by atoms with Crippen molar-refractivity contribution in [3.8, 4) is 0 Å². The molecule has 0 bridgehead atoms. The average Bonchev–Trinajstić information content (AvgIpc) is 3.36. The van der Waals surface area contributed by atoms with E-state index in [0.717, 1.165) is 4.90 Å². The van der Waals surface area contributed by atoms with Gasteiger partial charge in [-0.25, -0.2) is 27.4 Å². The Morgan fingerprint density at radius 3 is 1.83 bits per heavy atom. The number of carbonyl (C=O) groups excluding carboxylic acids is 4. The molecular weight excluding hydrogens is 779 g/mol. The summed E-state index contributed by atoms with van der Waals surface area (Å²) in [5.41, 5.74) is -1.31. The van der Waals surface area contributed by atoms with Crippen molar-refractivity contribution in [3.63, 3.8) is 0 Å². The van der Waals surface area contributed by atoms with Gasteiger partial charge < -0.3 is 0 Å². The Labute approximate surface area is 263 Å². The molecule has 6 rings (SSSR count). The van der Waals surface area contributed by atoms with Crippen molar-refractivity contribution in [2.24, 2.45) is 0 Å². The van der Waals surface area contributed by atoms with E-state index in [9.17, 15) is 36.7 Å². The molecular formula is C28H10Br3ClF4N2O4. The van der Waals surface area contributed by atoms with Crippen LogP contribution in [0.25, 0.3) is 10.9 Å². The molecule has 2 heterocycles. The minimum atomic E-state index is -2.22. The maximum Gasteiger partial charge on any atom is 0.267 e. The molecule has 0 fully saturated rings. The van der Waals surface area contributed by atoms with Crippen LogP contribution in [0, 0.1) is 37.1 Å². The van der Waals surface area contributed by atoms with Crippen LogP contribution < -0.4 is 4.90 Å². The minimum absolute atomic E-state index is 0.00974. The molecule has 212 valence electrons. The minimum Gasteiger partial charge on any atom is -0.293 e. The first-order valence-electron chi connectivity index (χ1n) is 11.8. The van der Waals surface area contributed by atoms with Crippen molar-refractivity contribution in [2.45, 2.75) is 19.8 Å². The van der Waals surface area contributed by atoms with Crippen LogP contribution in [0.4, 0.5) is 23.2 Å². The van der Waals surface area contributed by atoms with Crippen LogP contribution in [-0.4, -0.2) is 28.4 Å². The molecule has 1 aromatic heterocycles. The molecule has 3 aromatic carbocycles. The van der Waals surface area contributed by atoms with Gasteiger partial charge in [-0.3, -0.25) is 19.2 Å². The van der Waals surface area contributed by atoms with E-state index < -0.39 is 63.7 Å². The van der Waals surface area contributed by atoms with Gasteiger partial charge >= 0.3 is 0 Å². The smallest absolute Gasteiger partial charge is 0.267 e. The Kier molecular flexibility index (Phi) is 6.76. The number of anilines is 1. The number of nitrogens with zero attached hydrogens (tertiary/aromatic N) is 2. The number of hydrogen-bond donors (Lipinski definition) is 0. The van der Waals surface area contributed by atoms with Crippen LogP contribution in [0.15, 0.2) is 31.6 Å². The summed E-state index contributed by atoms with van der Waals surface area (Å²) in [6.45, 7) is 3.36. The number of imide groups is 1. The molecule has 0 spiro atoms. The lowest BCUT2D eigenvalue weighted by Gasteiger charge is -2.20. The highest BCUT2D eigenvalue weighted by Gasteiger charge is 2.47.